The fourth-order valence-corrected chi connectivity index (χ4v) is 6.77. The zero-order valence-electron chi connectivity index (χ0n) is 19.9. The zero-order chi connectivity index (χ0) is 26.5. The van der Waals surface area contributed by atoms with Crippen LogP contribution in [0.5, 0.6) is 0 Å². The number of hydrogen-bond donors (Lipinski definition) is 0. The monoisotopic (exact) mass is 539 g/mol. The molecule has 1 heterocycles. The van der Waals surface area contributed by atoms with E-state index in [0.29, 0.717) is 11.3 Å². The Morgan fingerprint density at radius 1 is 0.865 bits per heavy atom. The molecule has 4 rings (SSSR count). The number of sulfone groups is 1. The van der Waals surface area contributed by atoms with E-state index in [1.165, 1.54) is 57.5 Å². The summed E-state index contributed by atoms with van der Waals surface area (Å²) < 4.78 is 69.6. The molecule has 0 saturated carbocycles. The first kappa shape index (κ1) is 26.5. The van der Waals surface area contributed by atoms with Gasteiger partial charge in [-0.3, -0.25) is 0 Å². The lowest BCUT2D eigenvalue weighted by Gasteiger charge is -2.22. The van der Waals surface area contributed by atoms with Gasteiger partial charge < -0.3 is 4.57 Å². The lowest BCUT2D eigenvalue weighted by atomic mass is 10.2. The molecule has 0 bridgehead atoms. The minimum Gasteiger partial charge on any atom is -0.313 e. The number of halogens is 1. The Bertz CT molecular complexity index is 1570. The van der Waals surface area contributed by atoms with Crippen LogP contribution in [-0.4, -0.2) is 37.2 Å². The van der Waals surface area contributed by atoms with Gasteiger partial charge in [0.1, 0.15) is 5.82 Å². The summed E-state index contributed by atoms with van der Waals surface area (Å²) >= 11 is 0. The average Bonchev–Trinajstić information content (AvgIpc) is 3.29. The van der Waals surface area contributed by atoms with Crippen molar-refractivity contribution in [3.63, 3.8) is 0 Å². The molecule has 0 aliphatic carbocycles. The molecule has 10 heteroatoms. The summed E-state index contributed by atoms with van der Waals surface area (Å²) in [5.74, 6) is -0.840. The van der Waals surface area contributed by atoms with Gasteiger partial charge in [-0.2, -0.15) is 4.31 Å². The van der Waals surface area contributed by atoms with Crippen LogP contribution in [0.3, 0.4) is 0 Å². The smallest absolute Gasteiger partial charge is 0.243 e. The molecule has 0 amide bonds. The van der Waals surface area contributed by atoms with Gasteiger partial charge in [0.15, 0.2) is 0 Å². The Hall–Kier alpha value is -3.60. The fourth-order valence-electron chi connectivity index (χ4n) is 3.88. The lowest BCUT2D eigenvalue weighted by Crippen LogP contribution is -2.32. The maximum atomic E-state index is 13.4. The van der Waals surface area contributed by atoms with E-state index in [1.54, 1.807) is 18.2 Å². The first-order chi connectivity index (χ1) is 17.7. The molecule has 3 aromatic carbocycles. The van der Waals surface area contributed by atoms with E-state index >= 15 is 0 Å². The molecular formula is C27H26FN3O4S2. The summed E-state index contributed by atoms with van der Waals surface area (Å²) in [7, 11) is -7.84. The van der Waals surface area contributed by atoms with Crippen LogP contribution in [0.25, 0.3) is 0 Å². The second-order valence-corrected chi connectivity index (χ2v) is 12.2. The van der Waals surface area contributed by atoms with Gasteiger partial charge in [0.25, 0.3) is 0 Å². The fraction of sp³-hybridized carbons (Fsp3) is 0.148. The first-order valence-electron chi connectivity index (χ1n) is 11.4. The number of imidazole rings is 1. The Balaban J connectivity index is 1.75. The van der Waals surface area contributed by atoms with Gasteiger partial charge in [-0.1, -0.05) is 66.7 Å². The maximum absolute atomic E-state index is 13.4. The minimum atomic E-state index is -3.95. The van der Waals surface area contributed by atoms with Crippen LogP contribution in [0.1, 0.15) is 16.8 Å². The molecule has 192 valence electrons. The standard InChI is InChI=1S/C27H26FN3O4S2/c1-2-17-30(37(34,35)26-11-7-4-8-12-26)20-25-18-29-27(31(25)19-22-9-5-3-6-10-22)36(32,33)21-23-13-15-24(28)16-14-23/h2-16,18H,1,17,19-21H2. The van der Waals surface area contributed by atoms with Crippen molar-refractivity contribution in [2.45, 2.75) is 28.9 Å². The highest BCUT2D eigenvalue weighted by Gasteiger charge is 2.28. The quantitative estimate of drug-likeness (QED) is 0.263. The van der Waals surface area contributed by atoms with E-state index in [0.717, 1.165) is 5.56 Å². The zero-order valence-corrected chi connectivity index (χ0v) is 21.6. The van der Waals surface area contributed by atoms with Crippen molar-refractivity contribution in [3.8, 4) is 0 Å². The van der Waals surface area contributed by atoms with E-state index in [9.17, 15) is 21.2 Å². The van der Waals surface area contributed by atoms with Gasteiger partial charge in [-0.25, -0.2) is 26.2 Å². The van der Waals surface area contributed by atoms with Crippen molar-refractivity contribution < 1.29 is 21.2 Å². The van der Waals surface area contributed by atoms with Crippen molar-refractivity contribution in [2.24, 2.45) is 0 Å². The van der Waals surface area contributed by atoms with E-state index in [1.807, 2.05) is 30.3 Å². The minimum absolute atomic E-state index is 0.0193. The molecule has 0 aliphatic heterocycles. The number of rotatable bonds is 11. The van der Waals surface area contributed by atoms with Crippen molar-refractivity contribution in [2.75, 3.05) is 6.54 Å². The summed E-state index contributed by atoms with van der Waals surface area (Å²) in [5, 5.41) is -0.189. The largest absolute Gasteiger partial charge is 0.313 e. The molecular weight excluding hydrogens is 513 g/mol. The summed E-state index contributed by atoms with van der Waals surface area (Å²) in [4.78, 5) is 4.34. The van der Waals surface area contributed by atoms with E-state index in [4.69, 9.17) is 0 Å². The molecule has 7 nitrogen and oxygen atoms in total. The van der Waals surface area contributed by atoms with Crippen LogP contribution in [0.4, 0.5) is 4.39 Å². The van der Waals surface area contributed by atoms with Gasteiger partial charge in [0, 0.05) is 6.54 Å². The third kappa shape index (κ3) is 6.22. The van der Waals surface area contributed by atoms with Gasteiger partial charge >= 0.3 is 0 Å². The number of hydrogen-bond acceptors (Lipinski definition) is 5. The van der Waals surface area contributed by atoms with Crippen LogP contribution in [0.2, 0.25) is 0 Å². The number of aromatic nitrogens is 2. The number of nitrogens with zero attached hydrogens (tertiary/aromatic N) is 3. The summed E-state index contributed by atoms with van der Waals surface area (Å²) in [5.41, 5.74) is 1.64. The van der Waals surface area contributed by atoms with Crippen LogP contribution in [0, 0.1) is 5.82 Å². The average molecular weight is 540 g/mol. The Morgan fingerprint density at radius 3 is 2.11 bits per heavy atom. The van der Waals surface area contributed by atoms with Gasteiger partial charge in [0.2, 0.25) is 25.0 Å². The topological polar surface area (TPSA) is 89.3 Å². The molecule has 0 radical (unpaired) electrons. The van der Waals surface area contributed by atoms with Crippen molar-refractivity contribution in [1.82, 2.24) is 13.9 Å². The highest BCUT2D eigenvalue weighted by molar-refractivity contribution is 7.90. The van der Waals surface area contributed by atoms with Gasteiger partial charge in [0.05, 0.1) is 35.6 Å². The predicted molar refractivity (Wildman–Crippen MR) is 139 cm³/mol. The summed E-state index contributed by atoms with van der Waals surface area (Å²) in [6.45, 7) is 3.76. The first-order valence-corrected chi connectivity index (χ1v) is 14.5. The third-order valence-electron chi connectivity index (χ3n) is 5.69. The second-order valence-electron chi connectivity index (χ2n) is 8.39. The third-order valence-corrected chi connectivity index (χ3v) is 9.11. The Labute approximate surface area is 216 Å². The molecule has 1 aromatic heterocycles. The second kappa shape index (κ2) is 11.2. The van der Waals surface area contributed by atoms with Crippen LogP contribution < -0.4 is 0 Å². The molecule has 0 saturated heterocycles. The Kier molecular flexibility index (Phi) is 8.01. The number of sulfonamides is 1. The van der Waals surface area contributed by atoms with Crippen molar-refractivity contribution in [1.29, 1.82) is 0 Å². The van der Waals surface area contributed by atoms with E-state index in [-0.39, 0.29) is 35.4 Å². The SMILES string of the molecule is C=CCN(Cc1cnc(S(=O)(=O)Cc2ccc(F)cc2)n1Cc1ccccc1)S(=O)(=O)c1ccccc1. The molecule has 37 heavy (non-hydrogen) atoms. The molecule has 0 fully saturated rings. The molecule has 0 aliphatic rings. The van der Waals surface area contributed by atoms with Crippen LogP contribution in [0.15, 0.2) is 114 Å². The van der Waals surface area contributed by atoms with E-state index in [2.05, 4.69) is 11.6 Å². The highest BCUT2D eigenvalue weighted by Crippen LogP contribution is 2.23. The number of benzene rings is 3. The van der Waals surface area contributed by atoms with Crippen LogP contribution >= 0.6 is 0 Å². The maximum Gasteiger partial charge on any atom is 0.243 e. The molecule has 4 aromatic rings. The van der Waals surface area contributed by atoms with Crippen LogP contribution in [-0.2, 0) is 38.7 Å². The molecule has 0 N–H and O–H groups in total. The normalized spacial score (nSPS) is 12.1. The summed E-state index contributed by atoms with van der Waals surface area (Å²) in [6, 6.07) is 22.5. The predicted octanol–water partition coefficient (Wildman–Crippen LogP) is 4.42. The molecule has 0 atom stereocenters. The van der Waals surface area contributed by atoms with Gasteiger partial charge in [-0.05, 0) is 35.4 Å². The van der Waals surface area contributed by atoms with Gasteiger partial charge in [-0.15, -0.1) is 6.58 Å². The van der Waals surface area contributed by atoms with E-state index < -0.39 is 25.7 Å². The van der Waals surface area contributed by atoms with Crippen molar-refractivity contribution >= 4 is 19.9 Å². The Morgan fingerprint density at radius 2 is 1.49 bits per heavy atom. The summed E-state index contributed by atoms with van der Waals surface area (Å²) in [6.07, 6.45) is 2.86. The lowest BCUT2D eigenvalue weighted by molar-refractivity contribution is 0.424. The van der Waals surface area contributed by atoms with Crippen molar-refractivity contribution in [3.05, 3.63) is 126 Å². The highest BCUT2D eigenvalue weighted by atomic mass is 32.2. The molecule has 0 unspecified atom stereocenters. The molecule has 0 spiro atoms.